The van der Waals surface area contributed by atoms with Crippen LogP contribution in [0.15, 0.2) is 54.9 Å². The minimum atomic E-state index is -0.282. The number of aryl methyl sites for hydroxylation is 1. The highest BCUT2D eigenvalue weighted by Crippen LogP contribution is 2.18. The predicted octanol–water partition coefficient (Wildman–Crippen LogP) is 4.61. The van der Waals surface area contributed by atoms with Crippen LogP contribution in [0.5, 0.6) is 0 Å². The lowest BCUT2D eigenvalue weighted by Crippen LogP contribution is -2.15. The first-order chi connectivity index (χ1) is 12.5. The van der Waals surface area contributed by atoms with Crippen molar-refractivity contribution < 1.29 is 4.79 Å². The van der Waals surface area contributed by atoms with E-state index in [1.54, 1.807) is 6.20 Å². The lowest BCUT2D eigenvalue weighted by Gasteiger charge is -2.10. The highest BCUT2D eigenvalue weighted by atomic mass is 35.5. The van der Waals surface area contributed by atoms with Gasteiger partial charge in [-0.3, -0.25) is 4.79 Å². The van der Waals surface area contributed by atoms with Crippen molar-refractivity contribution >= 4 is 29.0 Å². The summed E-state index contributed by atoms with van der Waals surface area (Å²) < 4.78 is 0. The Bertz CT molecular complexity index is 908. The van der Waals surface area contributed by atoms with Gasteiger partial charge in [-0.05, 0) is 48.7 Å². The van der Waals surface area contributed by atoms with Crippen LogP contribution in [0.25, 0.3) is 0 Å². The van der Waals surface area contributed by atoms with Crippen molar-refractivity contribution in [3.63, 3.8) is 0 Å². The number of benzene rings is 2. The van der Waals surface area contributed by atoms with Gasteiger partial charge in [0.15, 0.2) is 0 Å². The summed E-state index contributed by atoms with van der Waals surface area (Å²) in [5.41, 5.74) is 4.28. The molecule has 1 amide bonds. The molecule has 5 nitrogen and oxygen atoms in total. The first-order valence-electron chi connectivity index (χ1n) is 8.21. The Balaban J connectivity index is 1.62. The summed E-state index contributed by atoms with van der Waals surface area (Å²) in [4.78, 5) is 20.8. The number of nitrogens with zero attached hydrogens (tertiary/aromatic N) is 2. The monoisotopic (exact) mass is 366 g/mol. The smallest absolute Gasteiger partial charge is 0.275 e. The quantitative estimate of drug-likeness (QED) is 0.691. The minimum Gasteiger partial charge on any atom is -0.365 e. The van der Waals surface area contributed by atoms with Crippen molar-refractivity contribution in [1.82, 2.24) is 9.97 Å². The number of carbonyl (C=O) groups is 1. The fourth-order valence-corrected chi connectivity index (χ4v) is 2.53. The van der Waals surface area contributed by atoms with Gasteiger partial charge in [0.1, 0.15) is 11.5 Å². The van der Waals surface area contributed by atoms with Crippen molar-refractivity contribution in [2.45, 2.75) is 20.4 Å². The highest BCUT2D eigenvalue weighted by molar-refractivity contribution is 6.30. The molecular weight excluding hydrogens is 348 g/mol. The molecule has 6 heteroatoms. The Kier molecular flexibility index (Phi) is 5.49. The maximum Gasteiger partial charge on any atom is 0.275 e. The second kappa shape index (κ2) is 7.97. The third kappa shape index (κ3) is 4.37. The normalized spacial score (nSPS) is 10.4. The summed E-state index contributed by atoms with van der Waals surface area (Å²) in [6, 6.07) is 13.3. The standard InChI is InChI=1S/C20H19ClN4O/c1-13-4-3-5-17(14(13)2)25-20(26)18-11-24-19(12-22-18)23-10-15-6-8-16(21)9-7-15/h3-9,11-12H,10H2,1-2H3,(H,23,24)(H,25,26). The van der Waals surface area contributed by atoms with Crippen molar-refractivity contribution in [1.29, 1.82) is 0 Å². The van der Waals surface area contributed by atoms with Crippen molar-refractivity contribution in [3.8, 4) is 0 Å². The molecule has 0 aliphatic rings. The van der Waals surface area contributed by atoms with Gasteiger partial charge in [0.2, 0.25) is 0 Å². The lowest BCUT2D eigenvalue weighted by molar-refractivity contribution is 0.102. The lowest BCUT2D eigenvalue weighted by atomic mass is 10.1. The molecule has 26 heavy (non-hydrogen) atoms. The SMILES string of the molecule is Cc1cccc(NC(=O)c2cnc(NCc3ccc(Cl)cc3)cn2)c1C. The molecule has 2 aromatic carbocycles. The summed E-state index contributed by atoms with van der Waals surface area (Å²) >= 11 is 5.87. The molecule has 0 aliphatic carbocycles. The van der Waals surface area contributed by atoms with E-state index in [2.05, 4.69) is 20.6 Å². The van der Waals surface area contributed by atoms with E-state index in [4.69, 9.17) is 11.6 Å². The van der Waals surface area contributed by atoms with Gasteiger partial charge >= 0.3 is 0 Å². The number of halogens is 1. The van der Waals surface area contributed by atoms with E-state index in [1.807, 2.05) is 56.3 Å². The van der Waals surface area contributed by atoms with Crippen molar-refractivity contribution in [2.75, 3.05) is 10.6 Å². The number of hydrogen-bond donors (Lipinski definition) is 2. The van der Waals surface area contributed by atoms with Gasteiger partial charge in [-0.2, -0.15) is 0 Å². The Morgan fingerprint density at radius 3 is 2.50 bits per heavy atom. The number of carbonyl (C=O) groups excluding carboxylic acids is 1. The number of anilines is 2. The Hall–Kier alpha value is -2.92. The van der Waals surface area contributed by atoms with Gasteiger partial charge in [-0.1, -0.05) is 35.9 Å². The molecule has 0 radical (unpaired) electrons. The van der Waals surface area contributed by atoms with E-state index in [0.29, 0.717) is 17.4 Å². The third-order valence-corrected chi connectivity index (χ3v) is 4.38. The molecule has 3 aromatic rings. The van der Waals surface area contributed by atoms with Crippen LogP contribution in [0, 0.1) is 13.8 Å². The highest BCUT2D eigenvalue weighted by Gasteiger charge is 2.10. The Labute approximate surface area is 157 Å². The third-order valence-electron chi connectivity index (χ3n) is 4.12. The molecule has 1 aromatic heterocycles. The molecule has 0 atom stereocenters. The summed E-state index contributed by atoms with van der Waals surface area (Å²) in [5, 5.41) is 6.74. The van der Waals surface area contributed by atoms with Crippen LogP contribution in [0.2, 0.25) is 5.02 Å². The number of rotatable bonds is 5. The number of nitrogens with one attached hydrogen (secondary N) is 2. The zero-order valence-electron chi connectivity index (χ0n) is 14.6. The Morgan fingerprint density at radius 2 is 1.81 bits per heavy atom. The van der Waals surface area contributed by atoms with E-state index >= 15 is 0 Å². The molecule has 0 spiro atoms. The van der Waals surface area contributed by atoms with Gasteiger partial charge in [0.25, 0.3) is 5.91 Å². The van der Waals surface area contributed by atoms with Gasteiger partial charge in [-0.15, -0.1) is 0 Å². The van der Waals surface area contributed by atoms with Crippen LogP contribution >= 0.6 is 11.6 Å². The molecule has 0 unspecified atom stereocenters. The molecule has 0 fully saturated rings. The summed E-state index contributed by atoms with van der Waals surface area (Å²) in [6.45, 7) is 4.58. The maximum absolute atomic E-state index is 12.4. The fraction of sp³-hybridized carbons (Fsp3) is 0.150. The van der Waals surface area contributed by atoms with Crippen LogP contribution in [-0.4, -0.2) is 15.9 Å². The molecule has 132 valence electrons. The van der Waals surface area contributed by atoms with E-state index in [9.17, 15) is 4.79 Å². The summed E-state index contributed by atoms with van der Waals surface area (Å²) in [6.07, 6.45) is 3.01. The molecule has 1 heterocycles. The van der Waals surface area contributed by atoms with Crippen LogP contribution in [-0.2, 0) is 6.54 Å². The average Bonchev–Trinajstić information content (AvgIpc) is 2.65. The first kappa shape index (κ1) is 17.9. The zero-order chi connectivity index (χ0) is 18.5. The van der Waals surface area contributed by atoms with Gasteiger partial charge in [0.05, 0.1) is 12.4 Å². The second-order valence-corrected chi connectivity index (χ2v) is 6.40. The first-order valence-corrected chi connectivity index (χ1v) is 8.58. The summed E-state index contributed by atoms with van der Waals surface area (Å²) in [7, 11) is 0. The molecule has 0 aliphatic heterocycles. The van der Waals surface area contributed by atoms with E-state index in [1.165, 1.54) is 6.20 Å². The van der Waals surface area contributed by atoms with E-state index in [-0.39, 0.29) is 11.6 Å². The van der Waals surface area contributed by atoms with Gasteiger partial charge in [-0.25, -0.2) is 9.97 Å². The largest absolute Gasteiger partial charge is 0.365 e. The number of hydrogen-bond acceptors (Lipinski definition) is 4. The van der Waals surface area contributed by atoms with Crippen LogP contribution in [0.1, 0.15) is 27.2 Å². The zero-order valence-corrected chi connectivity index (χ0v) is 15.3. The topological polar surface area (TPSA) is 66.9 Å². The van der Waals surface area contributed by atoms with E-state index in [0.717, 1.165) is 22.4 Å². The van der Waals surface area contributed by atoms with Crippen molar-refractivity contribution in [2.24, 2.45) is 0 Å². The minimum absolute atomic E-state index is 0.267. The molecule has 2 N–H and O–H groups in total. The van der Waals surface area contributed by atoms with Gasteiger partial charge in [0, 0.05) is 17.3 Å². The molecular formula is C20H19ClN4O. The number of aromatic nitrogens is 2. The molecule has 0 saturated heterocycles. The van der Waals surface area contributed by atoms with Crippen LogP contribution < -0.4 is 10.6 Å². The maximum atomic E-state index is 12.4. The molecule has 0 bridgehead atoms. The Morgan fingerprint density at radius 1 is 1.04 bits per heavy atom. The average molecular weight is 367 g/mol. The second-order valence-electron chi connectivity index (χ2n) is 5.97. The fourth-order valence-electron chi connectivity index (χ4n) is 2.40. The van der Waals surface area contributed by atoms with Crippen LogP contribution in [0.4, 0.5) is 11.5 Å². The predicted molar refractivity (Wildman–Crippen MR) is 105 cm³/mol. The number of amides is 1. The van der Waals surface area contributed by atoms with Crippen molar-refractivity contribution in [3.05, 3.63) is 82.3 Å². The molecule has 3 rings (SSSR count). The van der Waals surface area contributed by atoms with Gasteiger partial charge < -0.3 is 10.6 Å². The summed E-state index contributed by atoms with van der Waals surface area (Å²) in [5.74, 6) is 0.318. The molecule has 0 saturated carbocycles. The van der Waals surface area contributed by atoms with E-state index < -0.39 is 0 Å². The van der Waals surface area contributed by atoms with Crippen LogP contribution in [0.3, 0.4) is 0 Å².